The van der Waals surface area contributed by atoms with Gasteiger partial charge in [0, 0.05) is 68.5 Å². The Morgan fingerprint density at radius 3 is 1.77 bits per heavy atom. The molecule has 0 N–H and O–H groups in total. The largest absolute Gasteiger partial charge is 0.509 e. The predicted molar refractivity (Wildman–Crippen MR) is 256 cm³/mol. The van der Waals surface area contributed by atoms with Crippen molar-refractivity contribution >= 4 is 44.6 Å². The summed E-state index contributed by atoms with van der Waals surface area (Å²) >= 11 is 0. The first-order valence-corrected chi connectivity index (χ1v) is 22.0. The Morgan fingerprint density at radius 1 is 0.516 bits per heavy atom. The second kappa shape index (κ2) is 14.2. The first-order chi connectivity index (χ1) is 28.3. The fourth-order valence-corrected chi connectivity index (χ4v) is 9.14. The van der Waals surface area contributed by atoms with Crippen molar-refractivity contribution in [3.63, 3.8) is 0 Å². The summed E-state index contributed by atoms with van der Waals surface area (Å²) in [4.78, 5) is 4.97. The molecule has 2 atom stereocenters. The van der Waals surface area contributed by atoms with E-state index in [1.807, 2.05) is 6.20 Å². The first kappa shape index (κ1) is 44.1. The van der Waals surface area contributed by atoms with Crippen LogP contribution in [0.2, 0.25) is 0 Å². The fourth-order valence-electron chi connectivity index (χ4n) is 9.14. The van der Waals surface area contributed by atoms with E-state index in [9.17, 15) is 0 Å². The van der Waals surface area contributed by atoms with Crippen molar-refractivity contribution in [3.05, 3.63) is 150 Å². The molecule has 0 amide bonds. The van der Waals surface area contributed by atoms with Crippen LogP contribution in [-0.4, -0.2) is 9.55 Å². The molecule has 1 unspecified atom stereocenters. The zero-order chi connectivity index (χ0) is 43.9. The SMILES string of the molecule is CC(C)(C)c1cc(Oc2[c-]c3c(cc2)c2ccc(C(C)(C)C)cc2n3-c2cc(C(C)(C)C)ccn2)[c-]c([N+]23[CH-][N@+]2(c2cccc(C(C)(C)C)c2)c2cc(C(C)(C)C)ccc23)c1.[Pt]. The summed E-state index contributed by atoms with van der Waals surface area (Å²) in [6.07, 6.45) is 1.93. The number of quaternary nitrogens is 2. The molecule has 4 heterocycles. The molecule has 5 nitrogen and oxygen atoms in total. The summed E-state index contributed by atoms with van der Waals surface area (Å²) < 4.78 is 10.4. The molecule has 0 bridgehead atoms. The summed E-state index contributed by atoms with van der Waals surface area (Å²) in [5, 5.41) is 2.28. The minimum Gasteiger partial charge on any atom is -0.509 e. The Morgan fingerprint density at radius 2 is 1.11 bits per heavy atom. The molecule has 1 fully saturated rings. The van der Waals surface area contributed by atoms with E-state index in [1.54, 1.807) is 0 Å². The smallest absolute Gasteiger partial charge is 0.225 e. The predicted octanol–water partition coefficient (Wildman–Crippen LogP) is 15.4. The number of nitrogens with zero attached hydrogens (tertiary/aromatic N) is 4. The van der Waals surface area contributed by atoms with Crippen LogP contribution in [0.5, 0.6) is 11.5 Å². The van der Waals surface area contributed by atoms with Crippen molar-refractivity contribution in [2.75, 3.05) is 0 Å². The second-order valence-electron chi connectivity index (χ2n) is 22.8. The van der Waals surface area contributed by atoms with Crippen molar-refractivity contribution in [2.24, 2.45) is 0 Å². The van der Waals surface area contributed by atoms with Crippen LogP contribution in [0.15, 0.2) is 103 Å². The monoisotopic (exact) mass is 1000 g/mol. The first-order valence-electron chi connectivity index (χ1n) is 22.0. The van der Waals surface area contributed by atoms with E-state index in [4.69, 9.17) is 9.72 Å². The summed E-state index contributed by atoms with van der Waals surface area (Å²) in [5.41, 5.74) is 13.2. The summed E-state index contributed by atoms with van der Waals surface area (Å²) in [5.74, 6) is 2.19. The van der Waals surface area contributed by atoms with Crippen LogP contribution in [-0.2, 0) is 48.1 Å². The van der Waals surface area contributed by atoms with E-state index in [1.165, 1.54) is 50.3 Å². The van der Waals surface area contributed by atoms with Crippen LogP contribution in [0.25, 0.3) is 27.6 Å². The molecule has 9 rings (SSSR count). The molecular formula is C56H63N4OPt-. The van der Waals surface area contributed by atoms with Crippen LogP contribution >= 0.6 is 0 Å². The van der Waals surface area contributed by atoms with E-state index in [0.717, 1.165) is 27.9 Å². The second-order valence-corrected chi connectivity index (χ2v) is 22.8. The zero-order valence-corrected chi connectivity index (χ0v) is 41.7. The third-order valence-corrected chi connectivity index (χ3v) is 13.1. The molecule has 2 aromatic heterocycles. The Labute approximate surface area is 385 Å². The Kier molecular flexibility index (Phi) is 10.1. The standard InChI is InChI=1S/C56H63N4O.Pt/c1-52(2,3)36-17-16-18-41(27-36)59-35-60(59,49-24-20-38(31-50(49)59)54(7,8)9)42-28-40(56(13,14)15)29-44(33-42)61-43-21-23-46-45-22-19-37(53(4,5)6)30-47(45)58(48(46)34-43)51-32-39(25-26-57-51)55(10,11)12;/h16-32,35H,1-15H3;/q-1;/t59-,60?;/m0./s1. The van der Waals surface area contributed by atoms with Gasteiger partial charge in [-0.05, 0) is 72.9 Å². The molecule has 0 aliphatic carbocycles. The van der Waals surface area contributed by atoms with Gasteiger partial charge in [0.15, 0.2) is 12.4 Å². The van der Waals surface area contributed by atoms with Crippen LogP contribution in [0, 0.1) is 18.8 Å². The van der Waals surface area contributed by atoms with Gasteiger partial charge in [-0.3, -0.25) is 0 Å². The summed E-state index contributed by atoms with van der Waals surface area (Å²) in [7, 11) is 0. The number of ether oxygens (including phenoxy) is 1. The maximum atomic E-state index is 6.97. The molecule has 2 aliphatic rings. The third kappa shape index (κ3) is 6.98. The number of pyridine rings is 1. The van der Waals surface area contributed by atoms with Gasteiger partial charge < -0.3 is 9.30 Å². The van der Waals surface area contributed by atoms with Gasteiger partial charge in [-0.25, -0.2) is 9.58 Å². The maximum Gasteiger partial charge on any atom is 0.225 e. The fraction of sp³-hybridized carbons (Fsp3) is 0.357. The molecule has 324 valence electrons. The average molecular weight is 1000 g/mol. The molecule has 7 aromatic rings. The third-order valence-electron chi connectivity index (χ3n) is 13.1. The summed E-state index contributed by atoms with van der Waals surface area (Å²) in [6, 6.07) is 43.8. The number of hydrogen-bond acceptors (Lipinski definition) is 2. The molecule has 0 spiro atoms. The normalized spacial score (nSPS) is 18.8. The molecule has 1 saturated heterocycles. The van der Waals surface area contributed by atoms with Gasteiger partial charge in [-0.15, -0.1) is 35.2 Å². The maximum absolute atomic E-state index is 6.97. The van der Waals surface area contributed by atoms with Gasteiger partial charge in [0.1, 0.15) is 5.82 Å². The molecule has 6 heteroatoms. The van der Waals surface area contributed by atoms with E-state index in [2.05, 4.69) is 224 Å². The van der Waals surface area contributed by atoms with Crippen molar-refractivity contribution in [1.82, 2.24) is 18.7 Å². The molecule has 62 heavy (non-hydrogen) atoms. The molecular weight excluding hydrogens is 940 g/mol. The van der Waals surface area contributed by atoms with Gasteiger partial charge >= 0.3 is 0 Å². The van der Waals surface area contributed by atoms with E-state index < -0.39 is 0 Å². The topological polar surface area (TPSA) is 27.1 Å². The molecule has 2 aliphatic heterocycles. The van der Waals surface area contributed by atoms with Gasteiger partial charge in [-0.1, -0.05) is 146 Å². The van der Waals surface area contributed by atoms with Crippen molar-refractivity contribution in [2.45, 2.75) is 131 Å². The quantitative estimate of drug-likeness (QED) is 0.0976. The Balaban J connectivity index is 0.00000529. The van der Waals surface area contributed by atoms with E-state index in [0.29, 0.717) is 20.7 Å². The van der Waals surface area contributed by atoms with E-state index >= 15 is 0 Å². The van der Waals surface area contributed by atoms with Crippen LogP contribution in [0.3, 0.4) is 0 Å². The molecule has 0 saturated carbocycles. The number of benzene rings is 5. The van der Waals surface area contributed by atoms with Gasteiger partial charge in [0.2, 0.25) is 11.4 Å². The Bertz CT molecular complexity index is 2900. The van der Waals surface area contributed by atoms with E-state index in [-0.39, 0.29) is 48.1 Å². The molecule has 5 aromatic carbocycles. The Hall–Kier alpha value is -4.54. The van der Waals surface area contributed by atoms with Crippen LogP contribution in [0.1, 0.15) is 132 Å². The van der Waals surface area contributed by atoms with Crippen LogP contribution < -0.4 is 13.9 Å². The average Bonchev–Trinajstić information content (AvgIpc) is 3.67. The zero-order valence-electron chi connectivity index (χ0n) is 39.4. The van der Waals surface area contributed by atoms with Gasteiger partial charge in [0.25, 0.3) is 0 Å². The van der Waals surface area contributed by atoms with Crippen molar-refractivity contribution < 1.29 is 25.8 Å². The van der Waals surface area contributed by atoms with Crippen LogP contribution in [0.4, 0.5) is 22.7 Å². The number of hydrogen-bond donors (Lipinski definition) is 0. The minimum absolute atomic E-state index is 0. The minimum atomic E-state index is -0.142. The molecule has 0 radical (unpaired) electrons. The number of aromatic nitrogens is 2. The van der Waals surface area contributed by atoms with Gasteiger partial charge in [-0.2, -0.15) is 10.7 Å². The van der Waals surface area contributed by atoms with Gasteiger partial charge in [0.05, 0.1) is 5.69 Å². The number of rotatable bonds is 5. The van der Waals surface area contributed by atoms with Crippen molar-refractivity contribution in [1.29, 1.82) is 0 Å². The summed E-state index contributed by atoms with van der Waals surface area (Å²) in [6.45, 7) is 36.6. The van der Waals surface area contributed by atoms with Crippen molar-refractivity contribution in [3.8, 4) is 17.3 Å². The number of fused-ring (bicyclic) bond motifs is 7.